The molecule has 0 aliphatic heterocycles. The molecule has 138 valence electrons. The number of hydrogen-bond donors (Lipinski definition) is 2. The predicted molar refractivity (Wildman–Crippen MR) is 111 cm³/mol. The molecule has 0 aliphatic carbocycles. The van der Waals surface area contributed by atoms with Gasteiger partial charge in [-0.15, -0.1) is 0 Å². The Labute approximate surface area is 160 Å². The van der Waals surface area contributed by atoms with Crippen LogP contribution in [-0.2, 0) is 11.2 Å². The van der Waals surface area contributed by atoms with Crippen molar-refractivity contribution in [2.45, 2.75) is 13.3 Å². The lowest BCUT2D eigenvalue weighted by Crippen LogP contribution is -2.22. The minimum Gasteiger partial charge on any atom is -0.495 e. The standard InChI is InChI=1S/C23H24N2O2/c1-17-12-13-22(27-2)21(14-17)24-16-23(26)25-20-11-7-6-10-19(20)15-18-8-4-3-5-9-18/h3-14,24H,15-16H2,1-2H3,(H,25,26). The number of carbonyl (C=O) groups is 1. The van der Waals surface area contributed by atoms with E-state index in [2.05, 4.69) is 22.8 Å². The van der Waals surface area contributed by atoms with Gasteiger partial charge in [0.05, 0.1) is 19.3 Å². The molecule has 3 aromatic carbocycles. The summed E-state index contributed by atoms with van der Waals surface area (Å²) in [7, 11) is 1.62. The van der Waals surface area contributed by atoms with Crippen LogP contribution in [0.5, 0.6) is 5.75 Å². The van der Waals surface area contributed by atoms with Crippen LogP contribution in [0.15, 0.2) is 72.8 Å². The lowest BCUT2D eigenvalue weighted by atomic mass is 10.0. The average Bonchev–Trinajstić information content (AvgIpc) is 2.69. The number of carbonyl (C=O) groups excluding carboxylic acids is 1. The molecule has 0 radical (unpaired) electrons. The van der Waals surface area contributed by atoms with Crippen LogP contribution in [0.4, 0.5) is 11.4 Å². The molecule has 0 aromatic heterocycles. The summed E-state index contributed by atoms with van der Waals surface area (Å²) in [4.78, 5) is 12.5. The maximum Gasteiger partial charge on any atom is 0.243 e. The molecule has 0 saturated heterocycles. The van der Waals surface area contributed by atoms with Gasteiger partial charge in [0.2, 0.25) is 5.91 Å². The number of para-hydroxylation sites is 1. The van der Waals surface area contributed by atoms with Gasteiger partial charge >= 0.3 is 0 Å². The zero-order valence-electron chi connectivity index (χ0n) is 15.7. The van der Waals surface area contributed by atoms with Crippen LogP contribution in [0.3, 0.4) is 0 Å². The van der Waals surface area contributed by atoms with E-state index in [1.54, 1.807) is 7.11 Å². The van der Waals surface area contributed by atoms with Crippen LogP contribution in [-0.4, -0.2) is 19.6 Å². The number of benzene rings is 3. The van der Waals surface area contributed by atoms with Gasteiger partial charge in [0.25, 0.3) is 0 Å². The van der Waals surface area contributed by atoms with E-state index in [1.807, 2.05) is 67.6 Å². The molecule has 4 heteroatoms. The van der Waals surface area contributed by atoms with Crippen LogP contribution in [0.2, 0.25) is 0 Å². The summed E-state index contributed by atoms with van der Waals surface area (Å²) in [6.07, 6.45) is 0.774. The summed E-state index contributed by atoms with van der Waals surface area (Å²) in [5.41, 5.74) is 5.05. The maximum absolute atomic E-state index is 12.5. The Kier molecular flexibility index (Phi) is 6.10. The van der Waals surface area contributed by atoms with Gasteiger partial charge in [0, 0.05) is 5.69 Å². The third kappa shape index (κ3) is 5.11. The molecular weight excluding hydrogens is 336 g/mol. The van der Waals surface area contributed by atoms with E-state index in [0.29, 0.717) is 0 Å². The van der Waals surface area contributed by atoms with E-state index in [9.17, 15) is 4.79 Å². The van der Waals surface area contributed by atoms with Gasteiger partial charge in [-0.3, -0.25) is 4.79 Å². The normalized spacial score (nSPS) is 10.3. The first-order valence-corrected chi connectivity index (χ1v) is 8.96. The Morgan fingerprint density at radius 1 is 0.926 bits per heavy atom. The third-order valence-electron chi connectivity index (χ3n) is 4.32. The first-order valence-electron chi connectivity index (χ1n) is 8.96. The number of methoxy groups -OCH3 is 1. The molecule has 3 aromatic rings. The first-order chi connectivity index (χ1) is 13.2. The Morgan fingerprint density at radius 2 is 1.67 bits per heavy atom. The molecule has 0 heterocycles. The molecule has 0 fully saturated rings. The molecule has 2 N–H and O–H groups in total. The van der Waals surface area contributed by atoms with E-state index >= 15 is 0 Å². The molecule has 0 unspecified atom stereocenters. The van der Waals surface area contributed by atoms with Crippen molar-refractivity contribution in [3.8, 4) is 5.75 Å². The van der Waals surface area contributed by atoms with Crippen molar-refractivity contribution >= 4 is 17.3 Å². The largest absolute Gasteiger partial charge is 0.495 e. The lowest BCUT2D eigenvalue weighted by molar-refractivity contribution is -0.114. The minimum atomic E-state index is -0.0981. The van der Waals surface area contributed by atoms with Gasteiger partial charge in [-0.1, -0.05) is 54.6 Å². The Bertz CT molecular complexity index is 907. The molecular formula is C23H24N2O2. The van der Waals surface area contributed by atoms with Crippen LogP contribution in [0.1, 0.15) is 16.7 Å². The van der Waals surface area contributed by atoms with Crippen molar-refractivity contribution in [1.29, 1.82) is 0 Å². The molecule has 3 rings (SSSR count). The van der Waals surface area contributed by atoms with Gasteiger partial charge < -0.3 is 15.4 Å². The number of anilines is 2. The minimum absolute atomic E-state index is 0.0981. The Morgan fingerprint density at radius 3 is 2.44 bits per heavy atom. The van der Waals surface area contributed by atoms with Crippen molar-refractivity contribution < 1.29 is 9.53 Å². The Hall–Kier alpha value is -3.27. The van der Waals surface area contributed by atoms with E-state index in [1.165, 1.54) is 5.56 Å². The fourth-order valence-electron chi connectivity index (χ4n) is 2.94. The van der Waals surface area contributed by atoms with Gasteiger partial charge in [0.1, 0.15) is 5.75 Å². The van der Waals surface area contributed by atoms with E-state index in [0.717, 1.165) is 34.7 Å². The molecule has 0 aliphatic rings. The molecule has 0 spiro atoms. The number of nitrogens with one attached hydrogen (secondary N) is 2. The molecule has 0 bridgehead atoms. The lowest BCUT2D eigenvalue weighted by Gasteiger charge is -2.14. The first kappa shape index (κ1) is 18.5. The zero-order valence-corrected chi connectivity index (χ0v) is 15.7. The number of hydrogen-bond acceptors (Lipinski definition) is 3. The van der Waals surface area contributed by atoms with E-state index < -0.39 is 0 Å². The molecule has 0 atom stereocenters. The fourth-order valence-corrected chi connectivity index (χ4v) is 2.94. The third-order valence-corrected chi connectivity index (χ3v) is 4.32. The summed E-state index contributed by atoms with van der Waals surface area (Å²) in [6.45, 7) is 2.17. The number of rotatable bonds is 7. The van der Waals surface area contributed by atoms with Crippen LogP contribution in [0.25, 0.3) is 0 Å². The Balaban J connectivity index is 1.66. The summed E-state index contributed by atoms with van der Waals surface area (Å²) < 4.78 is 5.34. The molecule has 1 amide bonds. The van der Waals surface area contributed by atoms with Gasteiger partial charge in [0.15, 0.2) is 0 Å². The van der Waals surface area contributed by atoms with E-state index in [4.69, 9.17) is 4.74 Å². The highest BCUT2D eigenvalue weighted by atomic mass is 16.5. The van der Waals surface area contributed by atoms with Crippen molar-refractivity contribution in [1.82, 2.24) is 0 Å². The van der Waals surface area contributed by atoms with E-state index in [-0.39, 0.29) is 12.5 Å². The number of ether oxygens (including phenoxy) is 1. The second-order valence-corrected chi connectivity index (χ2v) is 6.42. The fraction of sp³-hybridized carbons (Fsp3) is 0.174. The molecule has 0 saturated carbocycles. The topological polar surface area (TPSA) is 50.4 Å². The summed E-state index contributed by atoms with van der Waals surface area (Å²) in [5, 5.41) is 6.17. The number of amides is 1. The van der Waals surface area contributed by atoms with Crippen LogP contribution in [0, 0.1) is 6.92 Å². The van der Waals surface area contributed by atoms with Gasteiger partial charge in [-0.05, 0) is 48.2 Å². The highest BCUT2D eigenvalue weighted by Gasteiger charge is 2.09. The van der Waals surface area contributed by atoms with Crippen molar-refractivity contribution in [3.05, 3.63) is 89.5 Å². The van der Waals surface area contributed by atoms with Crippen molar-refractivity contribution in [2.75, 3.05) is 24.3 Å². The molecule has 4 nitrogen and oxygen atoms in total. The van der Waals surface area contributed by atoms with Gasteiger partial charge in [-0.2, -0.15) is 0 Å². The van der Waals surface area contributed by atoms with Crippen molar-refractivity contribution in [3.63, 3.8) is 0 Å². The number of aryl methyl sites for hydroxylation is 1. The summed E-state index contributed by atoms with van der Waals surface area (Å²) in [5.74, 6) is 0.622. The second kappa shape index (κ2) is 8.90. The smallest absolute Gasteiger partial charge is 0.243 e. The zero-order chi connectivity index (χ0) is 19.1. The molecule has 27 heavy (non-hydrogen) atoms. The maximum atomic E-state index is 12.5. The highest BCUT2D eigenvalue weighted by molar-refractivity contribution is 5.94. The SMILES string of the molecule is COc1ccc(C)cc1NCC(=O)Nc1ccccc1Cc1ccccc1. The highest BCUT2D eigenvalue weighted by Crippen LogP contribution is 2.25. The van der Waals surface area contributed by atoms with Crippen molar-refractivity contribution in [2.24, 2.45) is 0 Å². The quantitative estimate of drug-likeness (QED) is 0.645. The van der Waals surface area contributed by atoms with Gasteiger partial charge in [-0.25, -0.2) is 0 Å². The van der Waals surface area contributed by atoms with Crippen LogP contribution < -0.4 is 15.4 Å². The monoisotopic (exact) mass is 360 g/mol. The second-order valence-electron chi connectivity index (χ2n) is 6.42. The predicted octanol–water partition coefficient (Wildman–Crippen LogP) is 4.65. The summed E-state index contributed by atoms with van der Waals surface area (Å²) >= 11 is 0. The average molecular weight is 360 g/mol. The summed E-state index contributed by atoms with van der Waals surface area (Å²) in [6, 6.07) is 24.0. The van der Waals surface area contributed by atoms with Crippen LogP contribution >= 0.6 is 0 Å².